The summed E-state index contributed by atoms with van der Waals surface area (Å²) in [6.45, 7) is 2.48. The van der Waals surface area contributed by atoms with Crippen molar-refractivity contribution in [3.63, 3.8) is 0 Å². The van der Waals surface area contributed by atoms with E-state index >= 15 is 0 Å². The van der Waals surface area contributed by atoms with Gasteiger partial charge in [0.15, 0.2) is 5.01 Å². The van der Waals surface area contributed by atoms with Crippen LogP contribution >= 0.6 is 22.7 Å². The first kappa shape index (κ1) is 13.8. The molecule has 0 aliphatic carbocycles. The van der Waals surface area contributed by atoms with E-state index in [2.05, 4.69) is 15.2 Å². The lowest BCUT2D eigenvalue weighted by molar-refractivity contribution is 0.0992. The van der Waals surface area contributed by atoms with E-state index in [4.69, 9.17) is 0 Å². The Morgan fingerprint density at radius 2 is 2.19 bits per heavy atom. The monoisotopic (exact) mass is 316 g/mol. The molecule has 5 nitrogen and oxygen atoms in total. The summed E-state index contributed by atoms with van der Waals surface area (Å²) >= 11 is 2.82. The molecule has 0 aliphatic rings. The summed E-state index contributed by atoms with van der Waals surface area (Å²) in [4.78, 5) is 18.9. The second-order valence-corrected chi connectivity index (χ2v) is 6.06. The Hall–Kier alpha value is -2.12. The van der Waals surface area contributed by atoms with Gasteiger partial charge < -0.3 is 0 Å². The van der Waals surface area contributed by atoms with Gasteiger partial charge in [-0.05, 0) is 30.5 Å². The van der Waals surface area contributed by atoms with Crippen LogP contribution in [-0.4, -0.2) is 27.6 Å². The molecule has 0 spiro atoms. The number of anilines is 1. The van der Waals surface area contributed by atoms with E-state index in [1.54, 1.807) is 17.3 Å². The van der Waals surface area contributed by atoms with E-state index in [1.807, 2.05) is 36.6 Å². The standard InChI is InChI=1S/C14H12N4OS2/c1-2-18(13(19)11-6-4-8-20-11)14-17-16-12(21-14)10-5-3-7-15-9-10/h3-9H,2H2,1H3. The van der Waals surface area contributed by atoms with Crippen LogP contribution in [-0.2, 0) is 0 Å². The molecular weight excluding hydrogens is 304 g/mol. The maximum atomic E-state index is 12.4. The number of hydrogen-bond donors (Lipinski definition) is 0. The van der Waals surface area contributed by atoms with E-state index < -0.39 is 0 Å². The summed E-state index contributed by atoms with van der Waals surface area (Å²) in [5.74, 6) is -0.0404. The Labute approximate surface area is 129 Å². The third-order valence-electron chi connectivity index (χ3n) is 2.85. The van der Waals surface area contributed by atoms with E-state index in [9.17, 15) is 4.79 Å². The minimum atomic E-state index is -0.0404. The molecule has 0 fully saturated rings. The van der Waals surface area contributed by atoms with Gasteiger partial charge in [0.25, 0.3) is 5.91 Å². The van der Waals surface area contributed by atoms with Crippen molar-refractivity contribution in [2.24, 2.45) is 0 Å². The maximum absolute atomic E-state index is 12.4. The maximum Gasteiger partial charge on any atom is 0.270 e. The Balaban J connectivity index is 1.89. The van der Waals surface area contributed by atoms with Crippen molar-refractivity contribution in [3.05, 3.63) is 46.9 Å². The zero-order valence-corrected chi connectivity index (χ0v) is 12.9. The SMILES string of the molecule is CCN(C(=O)c1cccs1)c1nnc(-c2cccnc2)s1. The van der Waals surface area contributed by atoms with E-state index in [0.717, 1.165) is 10.6 Å². The van der Waals surface area contributed by atoms with Gasteiger partial charge in [-0.1, -0.05) is 17.4 Å². The summed E-state index contributed by atoms with van der Waals surface area (Å²) < 4.78 is 0. The molecule has 21 heavy (non-hydrogen) atoms. The van der Waals surface area contributed by atoms with Crippen LogP contribution in [0.25, 0.3) is 10.6 Å². The second kappa shape index (κ2) is 6.11. The highest BCUT2D eigenvalue weighted by atomic mass is 32.1. The molecule has 3 heterocycles. The Kier molecular flexibility index (Phi) is 4.03. The predicted molar refractivity (Wildman–Crippen MR) is 84.8 cm³/mol. The minimum absolute atomic E-state index is 0.0404. The number of thiophene rings is 1. The van der Waals surface area contributed by atoms with Gasteiger partial charge in [0.05, 0.1) is 4.88 Å². The molecule has 0 aliphatic heterocycles. The highest BCUT2D eigenvalue weighted by Gasteiger charge is 2.21. The van der Waals surface area contributed by atoms with Crippen molar-refractivity contribution in [3.8, 4) is 10.6 Å². The molecule has 0 unspecified atom stereocenters. The number of amides is 1. The number of carbonyl (C=O) groups excluding carboxylic acids is 1. The Bertz CT molecular complexity index is 725. The molecule has 1 amide bonds. The average molecular weight is 316 g/mol. The molecule has 0 bridgehead atoms. The number of carbonyl (C=O) groups is 1. The van der Waals surface area contributed by atoms with Gasteiger partial charge in [0.1, 0.15) is 0 Å². The summed E-state index contributed by atoms with van der Waals surface area (Å²) in [7, 11) is 0. The first-order valence-electron chi connectivity index (χ1n) is 6.39. The molecule has 0 radical (unpaired) electrons. The van der Waals surface area contributed by atoms with Gasteiger partial charge in [-0.2, -0.15) is 0 Å². The van der Waals surface area contributed by atoms with Crippen molar-refractivity contribution < 1.29 is 4.79 Å². The lowest BCUT2D eigenvalue weighted by Gasteiger charge is -2.15. The van der Waals surface area contributed by atoms with Crippen LogP contribution < -0.4 is 4.90 Å². The molecule has 7 heteroatoms. The average Bonchev–Trinajstić information content (AvgIpc) is 3.21. The summed E-state index contributed by atoms with van der Waals surface area (Å²) in [6.07, 6.45) is 3.45. The molecule has 0 N–H and O–H groups in total. The highest BCUT2D eigenvalue weighted by molar-refractivity contribution is 7.18. The fraction of sp³-hybridized carbons (Fsp3) is 0.143. The number of aromatic nitrogens is 3. The zero-order chi connectivity index (χ0) is 14.7. The predicted octanol–water partition coefficient (Wildman–Crippen LogP) is 3.33. The second-order valence-electron chi connectivity index (χ2n) is 4.16. The van der Waals surface area contributed by atoms with Crippen LogP contribution in [0.4, 0.5) is 5.13 Å². The van der Waals surface area contributed by atoms with Gasteiger partial charge >= 0.3 is 0 Å². The molecule has 3 aromatic heterocycles. The fourth-order valence-electron chi connectivity index (χ4n) is 1.83. The minimum Gasteiger partial charge on any atom is -0.282 e. The first-order chi connectivity index (χ1) is 10.3. The lowest BCUT2D eigenvalue weighted by Crippen LogP contribution is -2.29. The largest absolute Gasteiger partial charge is 0.282 e. The normalized spacial score (nSPS) is 10.5. The fourth-order valence-corrected chi connectivity index (χ4v) is 3.40. The van der Waals surface area contributed by atoms with Crippen LogP contribution in [0.1, 0.15) is 16.6 Å². The molecule has 106 valence electrons. The smallest absolute Gasteiger partial charge is 0.270 e. The number of hydrogen-bond acceptors (Lipinski definition) is 6. The molecule has 0 saturated heterocycles. The number of pyridine rings is 1. The zero-order valence-electron chi connectivity index (χ0n) is 11.3. The topological polar surface area (TPSA) is 59.0 Å². The van der Waals surface area contributed by atoms with Gasteiger partial charge in [0.2, 0.25) is 5.13 Å². The number of nitrogens with zero attached hydrogens (tertiary/aromatic N) is 4. The molecule has 0 aromatic carbocycles. The van der Waals surface area contributed by atoms with Gasteiger partial charge in [-0.3, -0.25) is 14.7 Å². The van der Waals surface area contributed by atoms with Gasteiger partial charge in [-0.25, -0.2) is 0 Å². The summed E-state index contributed by atoms with van der Waals surface area (Å²) in [6, 6.07) is 7.46. The van der Waals surface area contributed by atoms with Crippen molar-refractivity contribution in [2.45, 2.75) is 6.92 Å². The van der Waals surface area contributed by atoms with Crippen molar-refractivity contribution in [2.75, 3.05) is 11.4 Å². The van der Waals surface area contributed by atoms with E-state index in [0.29, 0.717) is 16.6 Å². The van der Waals surface area contributed by atoms with Crippen LogP contribution in [0.15, 0.2) is 42.0 Å². The first-order valence-corrected chi connectivity index (χ1v) is 8.08. The van der Waals surface area contributed by atoms with Crippen molar-refractivity contribution >= 4 is 33.7 Å². The molecule has 0 saturated carbocycles. The van der Waals surface area contributed by atoms with Crippen molar-refractivity contribution in [1.82, 2.24) is 15.2 Å². The van der Waals surface area contributed by atoms with Gasteiger partial charge in [-0.15, -0.1) is 21.5 Å². The highest BCUT2D eigenvalue weighted by Crippen LogP contribution is 2.29. The van der Waals surface area contributed by atoms with Gasteiger partial charge in [0, 0.05) is 24.5 Å². The van der Waals surface area contributed by atoms with Crippen LogP contribution in [0.3, 0.4) is 0 Å². The summed E-state index contributed by atoms with van der Waals surface area (Å²) in [5.41, 5.74) is 0.904. The Morgan fingerprint density at radius 1 is 1.29 bits per heavy atom. The van der Waals surface area contributed by atoms with Crippen LogP contribution in [0.2, 0.25) is 0 Å². The Morgan fingerprint density at radius 3 is 2.86 bits per heavy atom. The molecule has 3 rings (SSSR count). The molecular formula is C14H12N4OS2. The summed E-state index contributed by atoms with van der Waals surface area (Å²) in [5, 5.41) is 11.6. The number of rotatable bonds is 4. The quantitative estimate of drug-likeness (QED) is 0.741. The van der Waals surface area contributed by atoms with E-state index in [-0.39, 0.29) is 5.91 Å². The van der Waals surface area contributed by atoms with Crippen molar-refractivity contribution in [1.29, 1.82) is 0 Å². The van der Waals surface area contributed by atoms with Crippen LogP contribution in [0, 0.1) is 0 Å². The van der Waals surface area contributed by atoms with E-state index in [1.165, 1.54) is 22.7 Å². The lowest BCUT2D eigenvalue weighted by atomic mass is 10.3. The molecule has 0 atom stereocenters. The van der Waals surface area contributed by atoms with Crippen LogP contribution in [0.5, 0.6) is 0 Å². The third-order valence-corrected chi connectivity index (χ3v) is 4.70. The molecule has 3 aromatic rings. The third kappa shape index (κ3) is 2.84.